The van der Waals surface area contributed by atoms with Gasteiger partial charge in [-0.25, -0.2) is 9.59 Å². The first-order valence-electron chi connectivity index (χ1n) is 9.52. The smallest absolute Gasteiger partial charge is 0.348 e. The highest BCUT2D eigenvalue weighted by Crippen LogP contribution is 2.41. The van der Waals surface area contributed by atoms with Crippen LogP contribution in [0, 0.1) is 5.92 Å². The zero-order chi connectivity index (χ0) is 18.5. The number of benzene rings is 1. The predicted octanol–water partition coefficient (Wildman–Crippen LogP) is 3.99. The minimum absolute atomic E-state index is 0.129. The Morgan fingerprint density at radius 3 is 2.62 bits per heavy atom. The topological polar surface area (TPSA) is 72.8 Å². The summed E-state index contributed by atoms with van der Waals surface area (Å²) in [6.07, 6.45) is 8.26. The molecule has 0 radical (unpaired) electrons. The lowest BCUT2D eigenvalue weighted by Crippen LogP contribution is -2.22. The molecule has 0 aliphatic carbocycles. The number of hydrogen-bond donors (Lipinski definition) is 1. The molecule has 0 aromatic heterocycles. The van der Waals surface area contributed by atoms with Gasteiger partial charge in [-0.1, -0.05) is 51.2 Å². The van der Waals surface area contributed by atoms with Gasteiger partial charge in [-0.2, -0.15) is 0 Å². The quantitative estimate of drug-likeness (QED) is 0.432. The maximum atomic E-state index is 12.3. The minimum atomic E-state index is -0.823. The van der Waals surface area contributed by atoms with Gasteiger partial charge < -0.3 is 14.6 Å². The fourth-order valence-corrected chi connectivity index (χ4v) is 3.75. The van der Waals surface area contributed by atoms with Gasteiger partial charge in [-0.3, -0.25) is 0 Å². The molecule has 0 saturated carbocycles. The van der Waals surface area contributed by atoms with Crippen LogP contribution in [0.25, 0.3) is 6.08 Å². The molecule has 2 fully saturated rings. The third kappa shape index (κ3) is 4.09. The number of carbonyl (C=O) groups is 2. The van der Waals surface area contributed by atoms with Gasteiger partial charge in [-0.15, -0.1) is 0 Å². The maximum Gasteiger partial charge on any atom is 0.348 e. The van der Waals surface area contributed by atoms with Gasteiger partial charge in [0, 0.05) is 5.57 Å². The molecule has 5 nitrogen and oxygen atoms in total. The molecule has 0 amide bonds. The number of hydrogen-bond acceptors (Lipinski definition) is 5. The summed E-state index contributed by atoms with van der Waals surface area (Å²) in [5.74, 6) is -1.13. The van der Waals surface area contributed by atoms with E-state index in [1.165, 1.54) is 25.7 Å². The molecule has 1 aromatic carbocycles. The summed E-state index contributed by atoms with van der Waals surface area (Å²) in [6, 6.07) is 6.66. The summed E-state index contributed by atoms with van der Waals surface area (Å²) >= 11 is 0. The Morgan fingerprint density at radius 2 is 1.85 bits per heavy atom. The number of carbonyl (C=O) groups excluding carboxylic acids is 2. The lowest BCUT2D eigenvalue weighted by atomic mass is 9.88. The van der Waals surface area contributed by atoms with Crippen LogP contribution in [0.3, 0.4) is 0 Å². The number of ether oxygens (including phenoxy) is 2. The van der Waals surface area contributed by atoms with E-state index in [0.29, 0.717) is 11.1 Å². The average Bonchev–Trinajstić information content (AvgIpc) is 3.09. The molecular formula is C21H26O5. The van der Waals surface area contributed by atoms with Gasteiger partial charge in [0.1, 0.15) is 11.9 Å². The van der Waals surface area contributed by atoms with E-state index in [0.717, 1.165) is 19.3 Å². The van der Waals surface area contributed by atoms with E-state index in [-0.39, 0.29) is 17.8 Å². The first kappa shape index (κ1) is 18.5. The Hall–Kier alpha value is -2.30. The Bertz CT molecular complexity index is 693. The van der Waals surface area contributed by atoms with Gasteiger partial charge in [0.15, 0.2) is 0 Å². The minimum Gasteiger partial charge on any atom is -0.508 e. The average molecular weight is 358 g/mol. The molecule has 2 aliphatic heterocycles. The van der Waals surface area contributed by atoms with Crippen LogP contribution in [0.1, 0.15) is 57.4 Å². The van der Waals surface area contributed by atoms with Crippen molar-refractivity contribution in [3.05, 3.63) is 35.4 Å². The fraction of sp³-hybridized carbons (Fsp3) is 0.524. The van der Waals surface area contributed by atoms with Crippen LogP contribution in [0.5, 0.6) is 5.75 Å². The van der Waals surface area contributed by atoms with E-state index in [9.17, 15) is 14.7 Å². The van der Waals surface area contributed by atoms with Gasteiger partial charge in [0.25, 0.3) is 0 Å². The Morgan fingerprint density at radius 1 is 1.08 bits per heavy atom. The highest BCUT2D eigenvalue weighted by atomic mass is 16.6. The monoisotopic (exact) mass is 358 g/mol. The fourth-order valence-electron chi connectivity index (χ4n) is 3.75. The van der Waals surface area contributed by atoms with Crippen LogP contribution in [0.15, 0.2) is 29.8 Å². The van der Waals surface area contributed by atoms with Gasteiger partial charge in [0.2, 0.25) is 6.10 Å². The lowest BCUT2D eigenvalue weighted by molar-refractivity contribution is -0.156. The molecule has 26 heavy (non-hydrogen) atoms. The van der Waals surface area contributed by atoms with Crippen LogP contribution in [0.4, 0.5) is 0 Å². The molecule has 5 heteroatoms. The van der Waals surface area contributed by atoms with Gasteiger partial charge in [-0.05, 0) is 36.6 Å². The standard InChI is InChI=1S/C21H26O5/c1-2-3-4-5-6-7-11-17-18-16(13-14-9-8-10-15(22)12-14)20(23)26-19(18)21(24)25-17/h8-10,12-13,17-19,22H,2-7,11H2,1H3/b16-13-/t17-,18-,19-/m1/s1. The van der Waals surface area contributed by atoms with E-state index in [4.69, 9.17) is 9.47 Å². The summed E-state index contributed by atoms with van der Waals surface area (Å²) in [7, 11) is 0. The number of phenols is 1. The van der Waals surface area contributed by atoms with E-state index >= 15 is 0 Å². The van der Waals surface area contributed by atoms with Crippen molar-refractivity contribution in [2.75, 3.05) is 0 Å². The van der Waals surface area contributed by atoms with Crippen molar-refractivity contribution in [3.8, 4) is 5.75 Å². The normalized spacial score (nSPS) is 26.0. The number of fused-ring (bicyclic) bond motifs is 1. The van der Waals surface area contributed by atoms with Gasteiger partial charge in [0.05, 0.1) is 5.92 Å². The number of cyclic esters (lactones) is 1. The first-order valence-corrected chi connectivity index (χ1v) is 9.52. The summed E-state index contributed by atoms with van der Waals surface area (Å²) in [5, 5.41) is 9.61. The number of phenolic OH excluding ortho intramolecular Hbond substituents is 1. The van der Waals surface area contributed by atoms with E-state index < -0.39 is 18.0 Å². The first-order chi connectivity index (χ1) is 12.6. The maximum absolute atomic E-state index is 12.3. The molecule has 0 unspecified atom stereocenters. The van der Waals surface area contributed by atoms with Crippen molar-refractivity contribution in [3.63, 3.8) is 0 Å². The number of aromatic hydroxyl groups is 1. The van der Waals surface area contributed by atoms with Crippen molar-refractivity contribution in [1.82, 2.24) is 0 Å². The predicted molar refractivity (Wildman–Crippen MR) is 97.3 cm³/mol. The van der Waals surface area contributed by atoms with E-state index in [2.05, 4.69) is 6.92 Å². The second-order valence-electron chi connectivity index (χ2n) is 7.08. The van der Waals surface area contributed by atoms with Crippen molar-refractivity contribution >= 4 is 18.0 Å². The summed E-state index contributed by atoms with van der Waals surface area (Å²) in [5.41, 5.74) is 1.16. The Kier molecular flexibility index (Phi) is 5.96. The van der Waals surface area contributed by atoms with Gasteiger partial charge >= 0.3 is 11.9 Å². The molecule has 2 heterocycles. The molecular weight excluding hydrogens is 332 g/mol. The third-order valence-electron chi connectivity index (χ3n) is 5.09. The summed E-state index contributed by atoms with van der Waals surface area (Å²) in [4.78, 5) is 24.3. The molecule has 0 bridgehead atoms. The molecule has 2 aliphatic rings. The SMILES string of the molecule is CCCCCCCC[C@H]1OC(=O)[C@@H]2OC(=O)/C(=C\c3cccc(O)c3)[C@H]12. The van der Waals surface area contributed by atoms with E-state index in [1.54, 1.807) is 30.3 Å². The Balaban J connectivity index is 1.68. The molecule has 3 rings (SSSR count). The van der Waals surface area contributed by atoms with Crippen molar-refractivity contribution < 1.29 is 24.2 Å². The highest BCUT2D eigenvalue weighted by Gasteiger charge is 2.55. The molecule has 0 spiro atoms. The molecule has 1 N–H and O–H groups in total. The summed E-state index contributed by atoms with van der Waals surface area (Å²) in [6.45, 7) is 2.19. The van der Waals surface area contributed by atoms with Crippen LogP contribution in [-0.4, -0.2) is 29.3 Å². The van der Waals surface area contributed by atoms with Crippen molar-refractivity contribution in [1.29, 1.82) is 0 Å². The lowest BCUT2D eigenvalue weighted by Gasteiger charge is -2.15. The van der Waals surface area contributed by atoms with Crippen molar-refractivity contribution in [2.24, 2.45) is 5.92 Å². The van der Waals surface area contributed by atoms with Crippen LogP contribution in [-0.2, 0) is 19.1 Å². The molecule has 1 aromatic rings. The number of unbranched alkanes of at least 4 members (excludes halogenated alkanes) is 5. The molecule has 2 saturated heterocycles. The van der Waals surface area contributed by atoms with Crippen LogP contribution in [0.2, 0.25) is 0 Å². The zero-order valence-electron chi connectivity index (χ0n) is 15.1. The number of rotatable bonds is 8. The molecule has 140 valence electrons. The largest absolute Gasteiger partial charge is 0.508 e. The molecule has 3 atom stereocenters. The van der Waals surface area contributed by atoms with E-state index in [1.807, 2.05) is 0 Å². The van der Waals surface area contributed by atoms with Crippen LogP contribution >= 0.6 is 0 Å². The zero-order valence-corrected chi connectivity index (χ0v) is 15.1. The number of esters is 2. The van der Waals surface area contributed by atoms with Crippen LogP contribution < -0.4 is 0 Å². The Labute approximate surface area is 154 Å². The highest BCUT2D eigenvalue weighted by molar-refractivity contribution is 6.01. The summed E-state index contributed by atoms with van der Waals surface area (Å²) < 4.78 is 10.7. The third-order valence-corrected chi connectivity index (χ3v) is 5.09. The second-order valence-corrected chi connectivity index (χ2v) is 7.08. The second kappa shape index (κ2) is 8.39. The van der Waals surface area contributed by atoms with Crippen molar-refractivity contribution in [2.45, 2.75) is 64.1 Å².